The molecule has 0 aliphatic heterocycles. The van der Waals surface area contributed by atoms with Crippen LogP contribution in [0.25, 0.3) is 0 Å². The Labute approximate surface area is 81.2 Å². The molecule has 8 heteroatoms. The molecule has 0 aromatic heterocycles. The third-order valence-electron chi connectivity index (χ3n) is 1.36. The van der Waals surface area contributed by atoms with E-state index in [1.54, 1.807) is 0 Å². The highest BCUT2D eigenvalue weighted by Gasteiger charge is 2.24. The predicted octanol–water partition coefficient (Wildman–Crippen LogP) is 1.74. The van der Waals surface area contributed by atoms with Crippen LogP contribution in [0.5, 0.6) is 5.75 Å². The van der Waals surface area contributed by atoms with Crippen molar-refractivity contribution in [2.75, 3.05) is 0 Å². The molecule has 0 aliphatic rings. The van der Waals surface area contributed by atoms with Gasteiger partial charge >= 0.3 is 0 Å². The van der Waals surface area contributed by atoms with Crippen LogP contribution in [0.3, 0.4) is 0 Å². The summed E-state index contributed by atoms with van der Waals surface area (Å²) < 4.78 is 58.7. The molecule has 0 heterocycles. The number of phenols is 1. The molecule has 0 fully saturated rings. The Morgan fingerprint density at radius 2 is 1.71 bits per heavy atom. The van der Waals surface area contributed by atoms with Crippen molar-refractivity contribution >= 4 is 19.7 Å². The van der Waals surface area contributed by atoms with Crippen LogP contribution in [-0.4, -0.2) is 13.5 Å². The van der Waals surface area contributed by atoms with Crippen LogP contribution in [0, 0.1) is 17.5 Å². The fraction of sp³-hybridized carbons (Fsp3) is 0. The van der Waals surface area contributed by atoms with Gasteiger partial charge in [0.2, 0.25) is 5.82 Å². The minimum Gasteiger partial charge on any atom is -0.504 e. The van der Waals surface area contributed by atoms with Crippen LogP contribution in [0.4, 0.5) is 13.2 Å². The summed E-state index contributed by atoms with van der Waals surface area (Å²) in [5.41, 5.74) is 0. The quantitative estimate of drug-likeness (QED) is 0.607. The number of phenolic OH excluding ortho intramolecular Hbond substituents is 1. The minimum atomic E-state index is -4.52. The third kappa shape index (κ3) is 1.78. The first-order chi connectivity index (χ1) is 6.25. The lowest BCUT2D eigenvalue weighted by molar-refractivity contribution is 0.374. The summed E-state index contributed by atoms with van der Waals surface area (Å²) in [7, 11) is 0.197. The van der Waals surface area contributed by atoms with E-state index in [1.807, 2.05) is 0 Å². The Hall–Kier alpha value is -0.950. The van der Waals surface area contributed by atoms with E-state index < -0.39 is 37.1 Å². The van der Waals surface area contributed by atoms with Crippen LogP contribution < -0.4 is 0 Å². The minimum absolute atomic E-state index is 0.0933. The van der Waals surface area contributed by atoms with Crippen LogP contribution in [0.1, 0.15) is 0 Å². The maximum absolute atomic E-state index is 12.6. The highest BCUT2D eigenvalue weighted by molar-refractivity contribution is 8.13. The van der Waals surface area contributed by atoms with Gasteiger partial charge in [0, 0.05) is 16.7 Å². The summed E-state index contributed by atoms with van der Waals surface area (Å²) in [5, 5.41) is 8.79. The van der Waals surface area contributed by atoms with E-state index in [0.717, 1.165) is 0 Å². The van der Waals surface area contributed by atoms with Gasteiger partial charge in [0.05, 0.1) is 0 Å². The molecule has 0 atom stereocenters. The number of halogens is 4. The first kappa shape index (κ1) is 11.1. The molecule has 3 nitrogen and oxygen atoms in total. The van der Waals surface area contributed by atoms with Gasteiger partial charge in [-0.3, -0.25) is 0 Å². The average Bonchev–Trinajstić information content (AvgIpc) is 2.06. The SMILES string of the molecule is O=S(=O)(Cl)c1cc(F)c(F)c(F)c1O. The van der Waals surface area contributed by atoms with E-state index >= 15 is 0 Å². The van der Waals surface area contributed by atoms with Crippen molar-refractivity contribution in [1.82, 2.24) is 0 Å². The third-order valence-corrected chi connectivity index (χ3v) is 2.70. The molecule has 0 bridgehead atoms. The zero-order valence-electron chi connectivity index (χ0n) is 6.26. The fourth-order valence-electron chi connectivity index (χ4n) is 0.750. The Balaban J connectivity index is 3.66. The molecule has 1 aromatic rings. The molecule has 0 spiro atoms. The number of hydrogen-bond donors (Lipinski definition) is 1. The Kier molecular flexibility index (Phi) is 2.64. The van der Waals surface area contributed by atoms with Crippen molar-refractivity contribution in [1.29, 1.82) is 0 Å². The summed E-state index contributed by atoms with van der Waals surface area (Å²) in [6.45, 7) is 0. The molecular weight excluding hydrogens is 245 g/mol. The number of benzene rings is 1. The van der Waals surface area contributed by atoms with E-state index in [1.165, 1.54) is 0 Å². The summed E-state index contributed by atoms with van der Waals surface area (Å²) in [6, 6.07) is 0.0933. The monoisotopic (exact) mass is 246 g/mol. The summed E-state index contributed by atoms with van der Waals surface area (Å²) >= 11 is 0. The molecule has 0 radical (unpaired) electrons. The molecule has 0 aliphatic carbocycles. The van der Waals surface area contributed by atoms with Gasteiger partial charge in [0.1, 0.15) is 4.90 Å². The van der Waals surface area contributed by atoms with Crippen LogP contribution in [0.2, 0.25) is 0 Å². The van der Waals surface area contributed by atoms with Gasteiger partial charge in [-0.2, -0.15) is 4.39 Å². The topological polar surface area (TPSA) is 54.4 Å². The van der Waals surface area contributed by atoms with Crippen molar-refractivity contribution in [2.24, 2.45) is 0 Å². The van der Waals surface area contributed by atoms with Crippen molar-refractivity contribution in [3.63, 3.8) is 0 Å². The second-order valence-electron chi connectivity index (χ2n) is 2.27. The molecular formula is C6H2ClF3O3S. The maximum atomic E-state index is 12.6. The van der Waals surface area contributed by atoms with Crippen LogP contribution >= 0.6 is 10.7 Å². The van der Waals surface area contributed by atoms with Gasteiger partial charge in [0.25, 0.3) is 9.05 Å². The maximum Gasteiger partial charge on any atom is 0.265 e. The van der Waals surface area contributed by atoms with Gasteiger partial charge in [-0.1, -0.05) is 0 Å². The largest absolute Gasteiger partial charge is 0.504 e. The lowest BCUT2D eigenvalue weighted by Gasteiger charge is -2.03. The lowest BCUT2D eigenvalue weighted by Crippen LogP contribution is -1.99. The van der Waals surface area contributed by atoms with Crippen molar-refractivity contribution in [2.45, 2.75) is 4.90 Å². The Morgan fingerprint density at radius 3 is 2.14 bits per heavy atom. The van der Waals surface area contributed by atoms with E-state index in [9.17, 15) is 21.6 Å². The molecule has 0 unspecified atom stereocenters. The molecule has 1 rings (SSSR count). The molecule has 0 saturated heterocycles. The van der Waals surface area contributed by atoms with Crippen LogP contribution in [0.15, 0.2) is 11.0 Å². The summed E-state index contributed by atoms with van der Waals surface area (Å²) in [6.07, 6.45) is 0. The van der Waals surface area contributed by atoms with Crippen molar-refractivity contribution < 1.29 is 26.7 Å². The van der Waals surface area contributed by atoms with E-state index in [4.69, 9.17) is 15.8 Å². The summed E-state index contributed by atoms with van der Waals surface area (Å²) in [4.78, 5) is -1.21. The Bertz CT molecular complexity index is 486. The standard InChI is InChI=1S/C6H2ClF3O3S/c7-14(12,13)3-1-2(8)4(9)5(10)6(3)11/h1,11H. The molecule has 14 heavy (non-hydrogen) atoms. The molecule has 1 N–H and O–H groups in total. The van der Waals surface area contributed by atoms with Crippen molar-refractivity contribution in [3.05, 3.63) is 23.5 Å². The van der Waals surface area contributed by atoms with Crippen molar-refractivity contribution in [3.8, 4) is 5.75 Å². The van der Waals surface area contributed by atoms with Gasteiger partial charge in [-0.25, -0.2) is 17.2 Å². The fourth-order valence-corrected chi connectivity index (χ4v) is 1.67. The van der Waals surface area contributed by atoms with E-state index in [-0.39, 0.29) is 6.07 Å². The smallest absolute Gasteiger partial charge is 0.265 e. The average molecular weight is 247 g/mol. The van der Waals surface area contributed by atoms with Gasteiger partial charge in [-0.15, -0.1) is 0 Å². The zero-order valence-corrected chi connectivity index (χ0v) is 7.83. The second kappa shape index (κ2) is 3.32. The van der Waals surface area contributed by atoms with Gasteiger partial charge in [-0.05, 0) is 0 Å². The number of aromatic hydroxyl groups is 1. The van der Waals surface area contributed by atoms with E-state index in [2.05, 4.69) is 0 Å². The first-order valence-corrected chi connectivity index (χ1v) is 5.37. The van der Waals surface area contributed by atoms with Gasteiger partial charge < -0.3 is 5.11 Å². The number of rotatable bonds is 1. The molecule has 1 aromatic carbocycles. The lowest BCUT2D eigenvalue weighted by atomic mass is 10.3. The second-order valence-corrected chi connectivity index (χ2v) is 4.81. The summed E-state index contributed by atoms with van der Waals surface area (Å²) in [5.74, 6) is -7.26. The normalized spacial score (nSPS) is 11.7. The molecule has 0 amide bonds. The van der Waals surface area contributed by atoms with E-state index in [0.29, 0.717) is 0 Å². The predicted molar refractivity (Wildman–Crippen MR) is 41.0 cm³/mol. The Morgan fingerprint density at radius 1 is 1.21 bits per heavy atom. The van der Waals surface area contributed by atoms with Gasteiger partial charge in [0.15, 0.2) is 17.4 Å². The molecule has 78 valence electrons. The highest BCUT2D eigenvalue weighted by Crippen LogP contribution is 2.31. The molecule has 0 saturated carbocycles. The van der Waals surface area contributed by atoms with Crippen LogP contribution in [-0.2, 0) is 9.05 Å². The highest BCUT2D eigenvalue weighted by atomic mass is 35.7. The first-order valence-electron chi connectivity index (χ1n) is 3.06. The zero-order chi connectivity index (χ0) is 11.1. The number of hydrogen-bond acceptors (Lipinski definition) is 3.